The normalized spacial score (nSPS) is 17.7. The van der Waals surface area contributed by atoms with Gasteiger partial charge < -0.3 is 4.43 Å². The summed E-state index contributed by atoms with van der Waals surface area (Å²) in [5.74, 6) is 0. The lowest BCUT2D eigenvalue weighted by atomic mass is 9.81. The first-order valence-corrected chi connectivity index (χ1v) is 13.1. The van der Waals surface area contributed by atoms with Gasteiger partial charge in [0, 0.05) is 0 Å². The van der Waals surface area contributed by atoms with Crippen molar-refractivity contribution in [2.45, 2.75) is 48.1 Å². The lowest BCUT2D eigenvalue weighted by Gasteiger charge is -2.32. The van der Waals surface area contributed by atoms with Crippen LogP contribution in [0.15, 0.2) is 77.1 Å². The summed E-state index contributed by atoms with van der Waals surface area (Å²) in [7, 11) is -1.60. The lowest BCUT2D eigenvalue weighted by molar-refractivity contribution is 0.313. The number of rotatable bonds is 3. The van der Waals surface area contributed by atoms with E-state index in [2.05, 4.69) is 108 Å². The molecule has 1 aliphatic heterocycles. The molecule has 0 saturated heterocycles. The zero-order chi connectivity index (χ0) is 22.0. The van der Waals surface area contributed by atoms with E-state index in [1.54, 1.807) is 5.20 Å². The second-order valence-electron chi connectivity index (χ2n) is 11.0. The SMILES string of the molecule is CC(C)(C)C1=C(C(C)(C)C)[SiH](OCc2ccc3ccc4cccc5ccc2c3c45)C=C1. The van der Waals surface area contributed by atoms with Crippen molar-refractivity contribution in [3.8, 4) is 0 Å². The molecule has 0 amide bonds. The van der Waals surface area contributed by atoms with Gasteiger partial charge in [0.1, 0.15) is 0 Å². The van der Waals surface area contributed by atoms with Gasteiger partial charge in [0.2, 0.25) is 9.04 Å². The third kappa shape index (κ3) is 3.42. The first-order valence-electron chi connectivity index (χ1n) is 11.3. The van der Waals surface area contributed by atoms with E-state index in [1.165, 1.54) is 43.5 Å². The van der Waals surface area contributed by atoms with Crippen LogP contribution in [0.3, 0.4) is 0 Å². The monoisotopic (exact) mass is 424 g/mol. The van der Waals surface area contributed by atoms with Crippen LogP contribution in [0.4, 0.5) is 0 Å². The molecular weight excluding hydrogens is 392 g/mol. The predicted molar refractivity (Wildman–Crippen MR) is 137 cm³/mol. The van der Waals surface area contributed by atoms with Crippen LogP contribution in [0.2, 0.25) is 0 Å². The molecule has 0 aliphatic carbocycles. The van der Waals surface area contributed by atoms with Gasteiger partial charge >= 0.3 is 0 Å². The Bertz CT molecular complexity index is 1330. The van der Waals surface area contributed by atoms with Gasteiger partial charge in [-0.15, -0.1) is 0 Å². The zero-order valence-electron chi connectivity index (χ0n) is 19.5. The van der Waals surface area contributed by atoms with Crippen LogP contribution in [0.5, 0.6) is 0 Å². The van der Waals surface area contributed by atoms with E-state index < -0.39 is 9.04 Å². The van der Waals surface area contributed by atoms with Gasteiger partial charge in [0.05, 0.1) is 6.61 Å². The summed E-state index contributed by atoms with van der Waals surface area (Å²) in [4.78, 5) is 0. The Morgan fingerprint density at radius 2 is 1.32 bits per heavy atom. The summed E-state index contributed by atoms with van der Waals surface area (Å²) in [5, 5.41) is 9.58. The highest BCUT2D eigenvalue weighted by Crippen LogP contribution is 2.43. The molecule has 0 radical (unpaired) electrons. The number of hydrogen-bond donors (Lipinski definition) is 0. The number of benzene rings is 4. The average molecular weight is 425 g/mol. The fraction of sp³-hybridized carbons (Fsp3) is 0.310. The Morgan fingerprint density at radius 3 is 1.97 bits per heavy atom. The standard InChI is InChI=1S/C29H32OSi/c1-28(2,3)24-16-17-31(27(24)29(4,5)6)30-18-22-13-12-21-11-10-19-8-7-9-20-14-15-23(22)26(21)25(19)20/h7-17,31H,18H2,1-6H3. The van der Waals surface area contributed by atoms with Crippen molar-refractivity contribution in [2.24, 2.45) is 10.8 Å². The highest BCUT2D eigenvalue weighted by molar-refractivity contribution is 6.67. The minimum Gasteiger partial charge on any atom is -0.407 e. The fourth-order valence-corrected chi connectivity index (χ4v) is 8.13. The van der Waals surface area contributed by atoms with Crippen molar-refractivity contribution in [1.82, 2.24) is 0 Å². The Labute approximate surface area is 187 Å². The van der Waals surface area contributed by atoms with Crippen LogP contribution < -0.4 is 0 Å². The smallest absolute Gasteiger partial charge is 0.230 e. The Morgan fingerprint density at radius 1 is 0.710 bits per heavy atom. The molecule has 0 aromatic heterocycles. The molecule has 1 heterocycles. The Kier molecular flexibility index (Phi) is 4.65. The molecule has 5 rings (SSSR count). The molecule has 2 heteroatoms. The number of allylic oxidation sites excluding steroid dienone is 3. The molecule has 1 atom stereocenters. The molecule has 31 heavy (non-hydrogen) atoms. The van der Waals surface area contributed by atoms with E-state index in [0.29, 0.717) is 6.61 Å². The van der Waals surface area contributed by atoms with Gasteiger partial charge in [-0.2, -0.15) is 0 Å². The second-order valence-corrected chi connectivity index (χ2v) is 13.1. The average Bonchev–Trinajstić information content (AvgIpc) is 3.16. The molecule has 1 aliphatic rings. The summed E-state index contributed by atoms with van der Waals surface area (Å²) >= 11 is 0. The largest absolute Gasteiger partial charge is 0.407 e. The molecular formula is C29H32OSi. The van der Waals surface area contributed by atoms with Gasteiger partial charge in [-0.05, 0) is 59.5 Å². The van der Waals surface area contributed by atoms with E-state index >= 15 is 0 Å². The fourth-order valence-electron chi connectivity index (χ4n) is 5.25. The van der Waals surface area contributed by atoms with Gasteiger partial charge in [-0.3, -0.25) is 0 Å². The minimum atomic E-state index is -1.60. The molecule has 1 unspecified atom stereocenters. The summed E-state index contributed by atoms with van der Waals surface area (Å²) in [6.07, 6.45) is 2.35. The first-order chi connectivity index (χ1) is 14.6. The molecule has 158 valence electrons. The minimum absolute atomic E-state index is 0.131. The maximum atomic E-state index is 6.74. The number of hydrogen-bond acceptors (Lipinski definition) is 1. The van der Waals surface area contributed by atoms with E-state index in [4.69, 9.17) is 4.43 Å². The van der Waals surface area contributed by atoms with Crippen molar-refractivity contribution >= 4 is 41.4 Å². The van der Waals surface area contributed by atoms with Gasteiger partial charge in [-0.25, -0.2) is 0 Å². The Balaban J connectivity index is 1.55. The zero-order valence-corrected chi connectivity index (χ0v) is 20.7. The molecule has 0 saturated carbocycles. The van der Waals surface area contributed by atoms with Gasteiger partial charge in [0.15, 0.2) is 0 Å². The third-order valence-corrected chi connectivity index (χ3v) is 9.48. The molecule has 1 nitrogen and oxygen atoms in total. The lowest BCUT2D eigenvalue weighted by Crippen LogP contribution is -2.28. The first kappa shape index (κ1) is 20.5. The van der Waals surface area contributed by atoms with Crippen LogP contribution in [-0.2, 0) is 11.0 Å². The topological polar surface area (TPSA) is 9.23 Å². The van der Waals surface area contributed by atoms with Gasteiger partial charge in [-0.1, -0.05) is 108 Å². The van der Waals surface area contributed by atoms with E-state index in [9.17, 15) is 0 Å². The molecule has 0 spiro atoms. The summed E-state index contributed by atoms with van der Waals surface area (Å²) in [6.45, 7) is 14.6. The van der Waals surface area contributed by atoms with E-state index in [-0.39, 0.29) is 10.8 Å². The van der Waals surface area contributed by atoms with Crippen LogP contribution in [0.1, 0.15) is 47.1 Å². The van der Waals surface area contributed by atoms with Crippen molar-refractivity contribution in [2.75, 3.05) is 0 Å². The highest BCUT2D eigenvalue weighted by Gasteiger charge is 2.36. The van der Waals surface area contributed by atoms with Crippen LogP contribution >= 0.6 is 0 Å². The predicted octanol–water partition coefficient (Wildman–Crippen LogP) is 7.86. The van der Waals surface area contributed by atoms with Crippen molar-refractivity contribution < 1.29 is 4.43 Å². The van der Waals surface area contributed by atoms with Crippen LogP contribution in [0, 0.1) is 10.8 Å². The second kappa shape index (κ2) is 7.05. The van der Waals surface area contributed by atoms with Crippen LogP contribution in [-0.4, -0.2) is 9.04 Å². The van der Waals surface area contributed by atoms with E-state index in [1.807, 2.05) is 0 Å². The van der Waals surface area contributed by atoms with Gasteiger partial charge in [0.25, 0.3) is 0 Å². The van der Waals surface area contributed by atoms with E-state index in [0.717, 1.165) is 0 Å². The molecule has 0 fully saturated rings. The quantitative estimate of drug-likeness (QED) is 0.240. The maximum absolute atomic E-state index is 6.74. The maximum Gasteiger partial charge on any atom is 0.230 e. The Hall–Kier alpha value is -2.42. The highest BCUT2D eigenvalue weighted by atomic mass is 28.3. The molecule has 0 N–H and O–H groups in total. The summed E-state index contributed by atoms with van der Waals surface area (Å²) in [6, 6.07) is 20.2. The van der Waals surface area contributed by atoms with Crippen molar-refractivity contribution in [1.29, 1.82) is 0 Å². The molecule has 4 aromatic rings. The third-order valence-electron chi connectivity index (χ3n) is 6.67. The summed E-state index contributed by atoms with van der Waals surface area (Å²) in [5.41, 5.74) is 5.44. The molecule has 4 aromatic carbocycles. The van der Waals surface area contributed by atoms with Crippen molar-refractivity contribution in [3.05, 3.63) is 82.7 Å². The molecule has 0 bridgehead atoms. The van der Waals surface area contributed by atoms with Crippen LogP contribution in [0.25, 0.3) is 32.3 Å². The summed E-state index contributed by atoms with van der Waals surface area (Å²) < 4.78 is 6.74. The van der Waals surface area contributed by atoms with Crippen molar-refractivity contribution in [3.63, 3.8) is 0 Å².